The minimum atomic E-state index is -0.316. The Kier molecular flexibility index (Phi) is 2.89. The Balaban J connectivity index is 3.61. The van der Waals surface area contributed by atoms with Gasteiger partial charge in [0.2, 0.25) is 0 Å². The summed E-state index contributed by atoms with van der Waals surface area (Å²) in [6.45, 7) is 2.22. The first-order valence-electron chi connectivity index (χ1n) is 3.26. The van der Waals surface area contributed by atoms with Gasteiger partial charge >= 0.3 is 0 Å². The van der Waals surface area contributed by atoms with Gasteiger partial charge in [-0.25, -0.2) is 4.68 Å². The zero-order chi connectivity index (χ0) is 9.30. The number of aryl methyl sites for hydroxylation is 1. The molecule has 1 heterocycles. The molecule has 12 heavy (non-hydrogen) atoms. The molecule has 6 heteroatoms. The van der Waals surface area contributed by atoms with Gasteiger partial charge < -0.3 is 0 Å². The zero-order valence-corrected chi connectivity index (χ0v) is 9.40. The summed E-state index contributed by atoms with van der Waals surface area (Å²) in [5, 5.41) is 2.41. The van der Waals surface area contributed by atoms with E-state index in [0.29, 0.717) is 6.54 Å². The molecule has 1 aromatic heterocycles. The number of hydrogen-bond acceptors (Lipinski definition) is 2. The second kappa shape index (κ2) is 3.57. The molecule has 0 atom stereocenters. The number of halogens is 2. The second-order valence-corrected chi connectivity index (χ2v) is 3.70. The minimum Gasteiger partial charge on any atom is -0.267 e. The Hall–Kier alpha value is -0.360. The Morgan fingerprint density at radius 1 is 1.33 bits per heavy atom. The first-order valence-corrected chi connectivity index (χ1v) is 4.84. The highest BCUT2D eigenvalue weighted by molar-refractivity contribution is 9.13. The third kappa shape index (κ3) is 1.54. The average Bonchev–Trinajstić information content (AvgIpc) is 2.08. The number of H-pyrrole nitrogens is 1. The van der Waals surface area contributed by atoms with E-state index in [-0.39, 0.29) is 20.1 Å². The summed E-state index contributed by atoms with van der Waals surface area (Å²) >= 11 is 6.01. The van der Waals surface area contributed by atoms with Crippen LogP contribution in [0, 0.1) is 0 Å². The number of nitrogens with one attached hydrogen (secondary N) is 1. The Bertz CT molecular complexity index is 407. The third-order valence-electron chi connectivity index (χ3n) is 1.38. The van der Waals surface area contributed by atoms with E-state index in [2.05, 4.69) is 37.0 Å². The van der Waals surface area contributed by atoms with Crippen molar-refractivity contribution in [3.63, 3.8) is 0 Å². The summed E-state index contributed by atoms with van der Waals surface area (Å²) in [6.07, 6.45) is 0. The van der Waals surface area contributed by atoms with Crippen LogP contribution in [0.1, 0.15) is 6.92 Å². The monoisotopic (exact) mass is 296 g/mol. The average molecular weight is 298 g/mol. The van der Waals surface area contributed by atoms with E-state index < -0.39 is 0 Å². The SMILES string of the molecule is CCn1[nH]c(=O)c(Br)c(Br)c1=O. The lowest BCUT2D eigenvalue weighted by atomic mass is 10.5. The normalized spacial score (nSPS) is 10.2. The standard InChI is InChI=1S/C6H6Br2N2O2/c1-2-10-6(12)4(8)3(7)5(11)9-10/h2H2,1H3,(H,9,11). The Morgan fingerprint density at radius 2 is 1.92 bits per heavy atom. The first-order chi connectivity index (χ1) is 5.57. The van der Waals surface area contributed by atoms with Crippen molar-refractivity contribution < 1.29 is 0 Å². The van der Waals surface area contributed by atoms with Gasteiger partial charge in [-0.1, -0.05) is 0 Å². The molecule has 0 aliphatic heterocycles. The molecule has 0 spiro atoms. The summed E-state index contributed by atoms with van der Waals surface area (Å²) in [5.74, 6) is 0. The lowest BCUT2D eigenvalue weighted by molar-refractivity contribution is 0.599. The summed E-state index contributed by atoms with van der Waals surface area (Å²) in [5.41, 5.74) is -0.563. The van der Waals surface area contributed by atoms with Crippen LogP contribution in [0.3, 0.4) is 0 Å². The van der Waals surface area contributed by atoms with Crippen LogP contribution < -0.4 is 11.1 Å². The molecule has 0 radical (unpaired) electrons. The number of aromatic nitrogens is 2. The van der Waals surface area contributed by atoms with E-state index in [4.69, 9.17) is 0 Å². The second-order valence-electron chi connectivity index (χ2n) is 2.12. The van der Waals surface area contributed by atoms with Crippen LogP contribution in [0.2, 0.25) is 0 Å². The summed E-state index contributed by atoms with van der Waals surface area (Å²) < 4.78 is 1.72. The molecule has 0 amide bonds. The molecule has 0 saturated heterocycles. The van der Waals surface area contributed by atoms with E-state index in [1.54, 1.807) is 6.92 Å². The van der Waals surface area contributed by atoms with Crippen LogP contribution in [0.25, 0.3) is 0 Å². The molecule has 1 N–H and O–H groups in total. The van der Waals surface area contributed by atoms with Crippen LogP contribution in [-0.4, -0.2) is 9.78 Å². The van der Waals surface area contributed by atoms with Crippen molar-refractivity contribution >= 4 is 31.9 Å². The lowest BCUT2D eigenvalue weighted by Crippen LogP contribution is -2.30. The number of hydrogen-bond donors (Lipinski definition) is 1. The van der Waals surface area contributed by atoms with E-state index in [1.165, 1.54) is 4.68 Å². The van der Waals surface area contributed by atoms with Crippen molar-refractivity contribution in [1.29, 1.82) is 0 Å². The summed E-state index contributed by atoms with van der Waals surface area (Å²) in [4.78, 5) is 22.4. The highest BCUT2D eigenvalue weighted by Gasteiger charge is 2.07. The predicted octanol–water partition coefficient (Wildman–Crippen LogP) is 1.08. The van der Waals surface area contributed by atoms with Gasteiger partial charge in [0.05, 0.1) is 0 Å². The van der Waals surface area contributed by atoms with Gasteiger partial charge in [-0.2, -0.15) is 0 Å². The molecular formula is C6H6Br2N2O2. The van der Waals surface area contributed by atoms with Crippen LogP contribution in [0.5, 0.6) is 0 Å². The maximum Gasteiger partial charge on any atom is 0.280 e. The molecule has 66 valence electrons. The predicted molar refractivity (Wildman–Crippen MR) is 52.4 cm³/mol. The quantitative estimate of drug-likeness (QED) is 0.843. The molecule has 0 bridgehead atoms. The number of rotatable bonds is 1. The number of aromatic amines is 1. The minimum absolute atomic E-state index is 0.234. The Labute approximate surface area is 84.8 Å². The van der Waals surface area contributed by atoms with Gasteiger partial charge in [-0.05, 0) is 38.8 Å². The van der Waals surface area contributed by atoms with E-state index in [0.717, 1.165) is 0 Å². The third-order valence-corrected chi connectivity index (χ3v) is 3.40. The molecule has 0 aliphatic carbocycles. The first kappa shape index (κ1) is 9.73. The van der Waals surface area contributed by atoms with Crippen molar-refractivity contribution in [3.8, 4) is 0 Å². The molecule has 0 fully saturated rings. The lowest BCUT2D eigenvalue weighted by Gasteiger charge is -2.01. The zero-order valence-electron chi connectivity index (χ0n) is 6.23. The van der Waals surface area contributed by atoms with E-state index >= 15 is 0 Å². The van der Waals surface area contributed by atoms with Crippen molar-refractivity contribution in [3.05, 3.63) is 29.7 Å². The molecule has 1 rings (SSSR count). The van der Waals surface area contributed by atoms with Crippen LogP contribution >= 0.6 is 31.9 Å². The van der Waals surface area contributed by atoms with Crippen molar-refractivity contribution in [1.82, 2.24) is 9.78 Å². The fourth-order valence-electron chi connectivity index (χ4n) is 0.757. The largest absolute Gasteiger partial charge is 0.280 e. The van der Waals surface area contributed by atoms with Gasteiger partial charge in [0.15, 0.2) is 0 Å². The van der Waals surface area contributed by atoms with Crippen molar-refractivity contribution in [2.45, 2.75) is 13.5 Å². The van der Waals surface area contributed by atoms with Crippen molar-refractivity contribution in [2.24, 2.45) is 0 Å². The highest BCUT2D eigenvalue weighted by atomic mass is 79.9. The molecule has 4 nitrogen and oxygen atoms in total. The van der Waals surface area contributed by atoms with Crippen LogP contribution in [0.15, 0.2) is 18.5 Å². The Morgan fingerprint density at radius 3 is 2.42 bits per heavy atom. The molecule has 1 aromatic rings. The molecule has 0 aromatic carbocycles. The van der Waals surface area contributed by atoms with Crippen LogP contribution in [0.4, 0.5) is 0 Å². The van der Waals surface area contributed by atoms with E-state index in [9.17, 15) is 9.59 Å². The van der Waals surface area contributed by atoms with Gasteiger partial charge in [0.1, 0.15) is 8.95 Å². The summed E-state index contributed by atoms with van der Waals surface area (Å²) in [7, 11) is 0. The highest BCUT2D eigenvalue weighted by Crippen LogP contribution is 2.12. The topological polar surface area (TPSA) is 54.9 Å². The number of nitrogens with zero attached hydrogens (tertiary/aromatic N) is 1. The van der Waals surface area contributed by atoms with Gasteiger partial charge in [-0.3, -0.25) is 14.7 Å². The van der Waals surface area contributed by atoms with E-state index in [1.807, 2.05) is 0 Å². The maximum atomic E-state index is 11.3. The molecule has 0 aliphatic rings. The van der Waals surface area contributed by atoms with Gasteiger partial charge in [0, 0.05) is 6.54 Å². The maximum absolute atomic E-state index is 11.3. The summed E-state index contributed by atoms with van der Waals surface area (Å²) in [6, 6.07) is 0. The molecule has 0 unspecified atom stereocenters. The van der Waals surface area contributed by atoms with Gasteiger partial charge in [-0.15, -0.1) is 0 Å². The molecule has 0 saturated carbocycles. The van der Waals surface area contributed by atoms with Crippen molar-refractivity contribution in [2.75, 3.05) is 0 Å². The van der Waals surface area contributed by atoms with Gasteiger partial charge in [0.25, 0.3) is 11.1 Å². The fraction of sp³-hybridized carbons (Fsp3) is 0.333. The molecular weight excluding hydrogens is 292 g/mol. The smallest absolute Gasteiger partial charge is 0.267 e. The fourth-order valence-corrected chi connectivity index (χ4v) is 1.41. The van der Waals surface area contributed by atoms with Crippen LogP contribution in [-0.2, 0) is 6.54 Å².